The Morgan fingerprint density at radius 1 is 1.53 bits per heavy atom. The molecule has 0 aliphatic carbocycles. The van der Waals surface area contributed by atoms with Crippen LogP contribution in [-0.4, -0.2) is 20.4 Å². The highest BCUT2D eigenvalue weighted by molar-refractivity contribution is 7.09. The lowest BCUT2D eigenvalue weighted by Gasteiger charge is -2.14. The van der Waals surface area contributed by atoms with Gasteiger partial charge in [-0.2, -0.15) is 0 Å². The van der Waals surface area contributed by atoms with Gasteiger partial charge in [-0.25, -0.2) is 9.97 Å². The molecule has 19 heavy (non-hydrogen) atoms. The number of thiophene rings is 1. The first-order valence-electron chi connectivity index (χ1n) is 6.10. The van der Waals surface area contributed by atoms with Crippen LogP contribution < -0.4 is 11.1 Å². The lowest BCUT2D eigenvalue weighted by Crippen LogP contribution is -2.19. The summed E-state index contributed by atoms with van der Waals surface area (Å²) < 4.78 is 1.88. The molecule has 3 aromatic rings. The van der Waals surface area contributed by atoms with Crippen LogP contribution in [0.25, 0.3) is 5.65 Å². The molecule has 3 N–H and O–H groups in total. The van der Waals surface area contributed by atoms with Gasteiger partial charge in [0.1, 0.15) is 5.82 Å². The number of hydrogen-bond donors (Lipinski definition) is 2. The number of aromatic nitrogens is 3. The molecule has 0 aromatic carbocycles. The molecule has 1 atom stereocenters. The van der Waals surface area contributed by atoms with Gasteiger partial charge in [0.2, 0.25) is 0 Å². The molecule has 0 bridgehead atoms. The zero-order valence-corrected chi connectivity index (χ0v) is 11.4. The molecule has 0 spiro atoms. The van der Waals surface area contributed by atoms with Crippen LogP contribution in [0.15, 0.2) is 36.1 Å². The third-order valence-electron chi connectivity index (χ3n) is 2.86. The van der Waals surface area contributed by atoms with Crippen LogP contribution in [0.2, 0.25) is 0 Å². The number of rotatable bonds is 4. The molecule has 0 radical (unpaired) electrons. The number of nitrogens with one attached hydrogen (secondary N) is 1. The summed E-state index contributed by atoms with van der Waals surface area (Å²) in [6.07, 6.45) is 6.33. The monoisotopic (exact) mass is 273 g/mol. The summed E-state index contributed by atoms with van der Waals surface area (Å²) in [7, 11) is 0. The van der Waals surface area contributed by atoms with Crippen molar-refractivity contribution in [3.05, 3.63) is 41.0 Å². The van der Waals surface area contributed by atoms with Gasteiger partial charge in [0.25, 0.3) is 0 Å². The SMILES string of the molecule is CC(Cc1cccs1)Nc1nc(N)cn2ccnc12. The normalized spacial score (nSPS) is 12.7. The Bertz CT molecular complexity index is 673. The van der Waals surface area contributed by atoms with E-state index in [4.69, 9.17) is 5.73 Å². The van der Waals surface area contributed by atoms with E-state index in [1.807, 2.05) is 10.6 Å². The molecule has 0 saturated carbocycles. The minimum absolute atomic E-state index is 0.272. The van der Waals surface area contributed by atoms with Crippen LogP contribution in [0.5, 0.6) is 0 Å². The Kier molecular flexibility index (Phi) is 3.08. The lowest BCUT2D eigenvalue weighted by molar-refractivity contribution is 0.794. The average molecular weight is 273 g/mol. The number of nitrogen functional groups attached to an aromatic ring is 1. The molecule has 3 heterocycles. The smallest absolute Gasteiger partial charge is 0.180 e. The second kappa shape index (κ2) is 4.89. The van der Waals surface area contributed by atoms with Gasteiger partial charge in [0.15, 0.2) is 11.5 Å². The molecule has 5 nitrogen and oxygen atoms in total. The van der Waals surface area contributed by atoms with E-state index in [-0.39, 0.29) is 6.04 Å². The van der Waals surface area contributed by atoms with E-state index in [9.17, 15) is 0 Å². The van der Waals surface area contributed by atoms with Crippen molar-refractivity contribution in [1.82, 2.24) is 14.4 Å². The highest BCUT2D eigenvalue weighted by atomic mass is 32.1. The minimum atomic E-state index is 0.272. The number of nitrogens with zero attached hydrogens (tertiary/aromatic N) is 3. The summed E-state index contributed by atoms with van der Waals surface area (Å²) in [5, 5.41) is 5.47. The molecule has 6 heteroatoms. The Labute approximate surface area is 115 Å². The lowest BCUT2D eigenvalue weighted by atomic mass is 10.2. The van der Waals surface area contributed by atoms with Crippen LogP contribution in [0.3, 0.4) is 0 Å². The molecular formula is C13H15N5S. The predicted octanol–water partition coefficient (Wildman–Crippen LogP) is 2.42. The van der Waals surface area contributed by atoms with Crippen molar-refractivity contribution in [3.8, 4) is 0 Å². The van der Waals surface area contributed by atoms with Crippen LogP contribution in [0.1, 0.15) is 11.8 Å². The van der Waals surface area contributed by atoms with Crippen molar-refractivity contribution in [2.75, 3.05) is 11.1 Å². The van der Waals surface area contributed by atoms with Crippen molar-refractivity contribution in [1.29, 1.82) is 0 Å². The third-order valence-corrected chi connectivity index (χ3v) is 3.76. The highest BCUT2D eigenvalue weighted by Crippen LogP contribution is 2.18. The number of anilines is 2. The summed E-state index contributed by atoms with van der Waals surface area (Å²) in [6, 6.07) is 4.48. The summed E-state index contributed by atoms with van der Waals surface area (Å²) in [4.78, 5) is 9.97. The van der Waals surface area contributed by atoms with Gasteiger partial charge in [-0.3, -0.25) is 0 Å². The van der Waals surface area contributed by atoms with E-state index in [1.165, 1.54) is 4.88 Å². The van der Waals surface area contributed by atoms with Crippen molar-refractivity contribution >= 4 is 28.6 Å². The number of fused-ring (bicyclic) bond motifs is 1. The van der Waals surface area contributed by atoms with Crippen molar-refractivity contribution in [2.45, 2.75) is 19.4 Å². The molecule has 0 amide bonds. The Morgan fingerprint density at radius 2 is 2.42 bits per heavy atom. The van der Waals surface area contributed by atoms with Crippen molar-refractivity contribution in [2.24, 2.45) is 0 Å². The fourth-order valence-corrected chi connectivity index (χ4v) is 2.90. The summed E-state index contributed by atoms with van der Waals surface area (Å²) >= 11 is 1.76. The van der Waals surface area contributed by atoms with E-state index in [0.717, 1.165) is 17.9 Å². The van der Waals surface area contributed by atoms with Crippen LogP contribution in [-0.2, 0) is 6.42 Å². The molecular weight excluding hydrogens is 258 g/mol. The van der Waals surface area contributed by atoms with Gasteiger partial charge >= 0.3 is 0 Å². The molecule has 98 valence electrons. The molecule has 0 fully saturated rings. The first-order chi connectivity index (χ1) is 9.22. The molecule has 0 saturated heterocycles. The van der Waals surface area contributed by atoms with Gasteiger partial charge in [0.05, 0.1) is 6.20 Å². The third kappa shape index (κ3) is 2.53. The molecule has 3 rings (SSSR count). The topological polar surface area (TPSA) is 68.2 Å². The predicted molar refractivity (Wildman–Crippen MR) is 78.5 cm³/mol. The Balaban J connectivity index is 1.82. The van der Waals surface area contributed by atoms with E-state index >= 15 is 0 Å². The minimum Gasteiger partial charge on any atom is -0.382 e. The van der Waals surface area contributed by atoms with Crippen LogP contribution in [0, 0.1) is 0 Å². The van der Waals surface area contributed by atoms with Gasteiger partial charge in [-0.05, 0) is 18.4 Å². The maximum absolute atomic E-state index is 5.80. The first-order valence-corrected chi connectivity index (χ1v) is 6.98. The van der Waals surface area contributed by atoms with E-state index in [1.54, 1.807) is 23.7 Å². The highest BCUT2D eigenvalue weighted by Gasteiger charge is 2.10. The molecule has 3 aromatic heterocycles. The first kappa shape index (κ1) is 12.0. The quantitative estimate of drug-likeness (QED) is 0.766. The van der Waals surface area contributed by atoms with Gasteiger partial charge in [-0.15, -0.1) is 11.3 Å². The number of nitrogens with two attached hydrogens (primary N) is 1. The second-order valence-corrected chi connectivity index (χ2v) is 5.53. The Hall–Kier alpha value is -2.08. The van der Waals surface area contributed by atoms with Gasteiger partial charge in [-0.1, -0.05) is 6.07 Å². The molecule has 0 aliphatic rings. The summed E-state index contributed by atoms with van der Waals surface area (Å²) in [6.45, 7) is 2.13. The molecule has 0 aliphatic heterocycles. The van der Waals surface area contributed by atoms with Crippen LogP contribution >= 0.6 is 11.3 Å². The van der Waals surface area contributed by atoms with Gasteiger partial charge < -0.3 is 15.5 Å². The van der Waals surface area contributed by atoms with E-state index < -0.39 is 0 Å². The largest absolute Gasteiger partial charge is 0.382 e. The van der Waals surface area contributed by atoms with Crippen molar-refractivity contribution in [3.63, 3.8) is 0 Å². The zero-order chi connectivity index (χ0) is 13.2. The second-order valence-electron chi connectivity index (χ2n) is 4.50. The van der Waals surface area contributed by atoms with Crippen LogP contribution in [0.4, 0.5) is 11.6 Å². The average Bonchev–Trinajstić information content (AvgIpc) is 2.99. The number of imidazole rings is 1. The van der Waals surface area contributed by atoms with E-state index in [0.29, 0.717) is 5.82 Å². The summed E-state index contributed by atoms with van der Waals surface area (Å²) in [5.41, 5.74) is 6.60. The fourth-order valence-electron chi connectivity index (χ4n) is 2.06. The maximum Gasteiger partial charge on any atom is 0.180 e. The fraction of sp³-hybridized carbons (Fsp3) is 0.231. The molecule has 1 unspecified atom stereocenters. The van der Waals surface area contributed by atoms with E-state index in [2.05, 4.69) is 39.7 Å². The Morgan fingerprint density at radius 3 is 3.21 bits per heavy atom. The standard InChI is InChI=1S/C13H15N5S/c1-9(7-10-3-2-6-19-10)16-12-13-15-4-5-18(13)8-11(14)17-12/h2-6,8-9H,7,14H2,1H3,(H,16,17). The van der Waals surface area contributed by atoms with Gasteiger partial charge in [0, 0.05) is 29.7 Å². The van der Waals surface area contributed by atoms with Crippen molar-refractivity contribution < 1.29 is 0 Å². The summed E-state index contributed by atoms with van der Waals surface area (Å²) in [5.74, 6) is 1.21. The maximum atomic E-state index is 5.80. The zero-order valence-electron chi connectivity index (χ0n) is 10.6. The number of hydrogen-bond acceptors (Lipinski definition) is 5.